The highest BCUT2D eigenvalue weighted by Gasteiger charge is 2.56. The van der Waals surface area contributed by atoms with Gasteiger partial charge in [0.05, 0.1) is 34.0 Å². The summed E-state index contributed by atoms with van der Waals surface area (Å²) >= 11 is 3.75. The first-order chi connectivity index (χ1) is 15.4. The van der Waals surface area contributed by atoms with Gasteiger partial charge < -0.3 is 23.4 Å². The van der Waals surface area contributed by atoms with Crippen LogP contribution in [0.4, 0.5) is 0 Å². The summed E-state index contributed by atoms with van der Waals surface area (Å²) < 4.78 is 25.0. The first-order valence-electron chi connectivity index (χ1n) is 12.3. The molecule has 2 atom stereocenters. The zero-order chi connectivity index (χ0) is 22.8. The number of fused-ring (bicyclic) bond motifs is 2. The first-order valence-corrected chi connectivity index (χ1v) is 13.1. The van der Waals surface area contributed by atoms with E-state index < -0.39 is 0 Å². The molecule has 3 fully saturated rings. The highest BCUT2D eigenvalue weighted by molar-refractivity contribution is 9.10. The van der Waals surface area contributed by atoms with Crippen molar-refractivity contribution in [2.45, 2.75) is 46.1 Å². The lowest BCUT2D eigenvalue weighted by Crippen LogP contribution is -2.56. The Morgan fingerprint density at radius 3 is 2.31 bits per heavy atom. The lowest BCUT2D eigenvalue weighted by atomic mass is 9.42. The molecule has 2 aliphatic carbocycles. The van der Waals surface area contributed by atoms with Gasteiger partial charge in [-0.15, -0.1) is 0 Å². The van der Waals surface area contributed by atoms with E-state index in [0.717, 1.165) is 90.8 Å². The third-order valence-corrected chi connectivity index (χ3v) is 9.50. The van der Waals surface area contributed by atoms with Crippen LogP contribution < -0.4 is 9.47 Å². The highest BCUT2D eigenvalue weighted by Crippen LogP contribution is 2.63. The molecule has 180 valence electrons. The summed E-state index contributed by atoms with van der Waals surface area (Å²) in [5, 5.41) is 0. The summed E-state index contributed by atoms with van der Waals surface area (Å²) in [6.07, 6.45) is 5.52. The van der Waals surface area contributed by atoms with Crippen molar-refractivity contribution in [3.8, 4) is 11.5 Å². The highest BCUT2D eigenvalue weighted by atomic mass is 79.9. The molecule has 0 amide bonds. The van der Waals surface area contributed by atoms with Gasteiger partial charge >= 0.3 is 0 Å². The molecule has 1 aliphatic heterocycles. The summed E-state index contributed by atoms with van der Waals surface area (Å²) in [5.41, 5.74) is 1.81. The molecule has 1 aromatic carbocycles. The molecule has 1 saturated heterocycles. The molecule has 0 radical (unpaired) electrons. The minimum Gasteiger partial charge on any atom is -0.493 e. The van der Waals surface area contributed by atoms with Crippen molar-refractivity contribution in [3.05, 3.63) is 22.2 Å². The minimum atomic E-state index is 0.568. The Balaban J connectivity index is 1.32. The van der Waals surface area contributed by atoms with Gasteiger partial charge in [-0.1, -0.05) is 36.2 Å². The van der Waals surface area contributed by atoms with Crippen molar-refractivity contribution >= 4 is 15.9 Å². The first kappa shape index (κ1) is 24.3. The van der Waals surface area contributed by atoms with Crippen molar-refractivity contribution in [1.29, 1.82) is 0 Å². The molecule has 1 heterocycles. The molecule has 0 unspecified atom stereocenters. The van der Waals surface area contributed by atoms with Crippen LogP contribution in [0, 0.1) is 23.2 Å². The number of ether oxygens (including phenoxy) is 4. The van der Waals surface area contributed by atoms with Gasteiger partial charge in [0.1, 0.15) is 26.2 Å². The Hall–Kier alpha value is -0.820. The second kappa shape index (κ2) is 10.2. The van der Waals surface area contributed by atoms with Crippen LogP contribution in [0.25, 0.3) is 0 Å². The Morgan fingerprint density at radius 2 is 1.69 bits per heavy atom. The number of nitrogens with zero attached hydrogens (tertiary/aromatic N) is 1. The van der Waals surface area contributed by atoms with Gasteiger partial charge in [-0.05, 0) is 54.6 Å². The van der Waals surface area contributed by atoms with Gasteiger partial charge in [0.2, 0.25) is 0 Å². The molecule has 2 saturated carbocycles. The Morgan fingerprint density at radius 1 is 1.03 bits per heavy atom. The molecule has 3 aliphatic rings. The van der Waals surface area contributed by atoms with Crippen LogP contribution in [-0.4, -0.2) is 64.8 Å². The number of halogens is 1. The van der Waals surface area contributed by atoms with Crippen LogP contribution in [0.1, 0.15) is 45.1 Å². The lowest BCUT2D eigenvalue weighted by Gasteiger charge is -2.63. The predicted octanol–water partition coefficient (Wildman–Crippen LogP) is 5.29. The largest absolute Gasteiger partial charge is 0.493 e. The summed E-state index contributed by atoms with van der Waals surface area (Å²) in [6.45, 7) is 12.3. The van der Waals surface area contributed by atoms with Crippen LogP contribution >= 0.6 is 15.9 Å². The van der Waals surface area contributed by atoms with Crippen LogP contribution in [0.2, 0.25) is 0 Å². The van der Waals surface area contributed by atoms with Gasteiger partial charge in [-0.3, -0.25) is 0 Å². The van der Waals surface area contributed by atoms with Crippen molar-refractivity contribution in [2.75, 3.05) is 60.3 Å². The van der Waals surface area contributed by atoms with E-state index in [4.69, 9.17) is 18.9 Å². The number of hydrogen-bond donors (Lipinski definition) is 0. The standard InChI is InChI=1S/C26H41BrNO4/c1-26(2)21-6-5-7-22(26)20(21)8-12-31-13-9-28(10-14-32-15-11-28)18-19-16-24(29-3)25(30-4)17-23(19)27/h16-17,20-22H,5-15,18H2,1-4H3/q+1/t21-,22-/m1/s1. The third-order valence-electron chi connectivity index (χ3n) is 8.76. The van der Waals surface area contributed by atoms with Crippen molar-refractivity contribution in [1.82, 2.24) is 0 Å². The van der Waals surface area contributed by atoms with E-state index in [2.05, 4.69) is 35.8 Å². The summed E-state index contributed by atoms with van der Waals surface area (Å²) in [6, 6.07) is 4.12. The van der Waals surface area contributed by atoms with Crippen LogP contribution in [0.15, 0.2) is 16.6 Å². The minimum absolute atomic E-state index is 0.568. The molecular formula is C26H41BrNO4+. The second-order valence-electron chi connectivity index (χ2n) is 10.6. The second-order valence-corrected chi connectivity index (χ2v) is 11.5. The summed E-state index contributed by atoms with van der Waals surface area (Å²) in [4.78, 5) is 0. The SMILES string of the molecule is COc1cc(Br)c(C[N+]2(CCOCCC3[C@H]4CCC[C@H]3C4(C)C)CCOCC2)cc1OC. The number of morpholine rings is 1. The number of hydrogen-bond acceptors (Lipinski definition) is 4. The fraction of sp³-hybridized carbons (Fsp3) is 0.769. The van der Waals surface area contributed by atoms with Gasteiger partial charge in [0.15, 0.2) is 11.5 Å². The van der Waals surface area contributed by atoms with Crippen LogP contribution in [-0.2, 0) is 16.0 Å². The molecule has 0 spiro atoms. The summed E-state index contributed by atoms with van der Waals surface area (Å²) in [7, 11) is 3.37. The van der Waals surface area contributed by atoms with E-state index in [9.17, 15) is 0 Å². The van der Waals surface area contributed by atoms with Crippen molar-refractivity contribution in [3.63, 3.8) is 0 Å². The number of rotatable bonds is 10. The van der Waals surface area contributed by atoms with Crippen molar-refractivity contribution < 1.29 is 23.4 Å². The molecule has 6 heteroatoms. The van der Waals surface area contributed by atoms with E-state index in [-0.39, 0.29) is 0 Å². The van der Waals surface area contributed by atoms with Gasteiger partial charge in [-0.2, -0.15) is 0 Å². The maximum atomic E-state index is 6.24. The molecule has 32 heavy (non-hydrogen) atoms. The third kappa shape index (κ3) is 4.84. The topological polar surface area (TPSA) is 36.9 Å². The Labute approximate surface area is 202 Å². The normalized spacial score (nSPS) is 28.1. The summed E-state index contributed by atoms with van der Waals surface area (Å²) in [5.74, 6) is 4.27. The number of benzene rings is 1. The van der Waals surface area contributed by atoms with Crippen LogP contribution in [0.3, 0.4) is 0 Å². The fourth-order valence-corrected chi connectivity index (χ4v) is 7.27. The quantitative estimate of drug-likeness (QED) is 0.316. The van der Waals surface area contributed by atoms with E-state index >= 15 is 0 Å². The zero-order valence-electron chi connectivity index (χ0n) is 20.3. The maximum Gasteiger partial charge on any atom is 0.161 e. The molecule has 0 N–H and O–H groups in total. The lowest BCUT2D eigenvalue weighted by molar-refractivity contribution is -0.947. The molecule has 0 aromatic heterocycles. The molecule has 4 rings (SSSR count). The van der Waals surface area contributed by atoms with Gasteiger partial charge in [0.25, 0.3) is 0 Å². The zero-order valence-corrected chi connectivity index (χ0v) is 21.9. The number of methoxy groups -OCH3 is 2. The average molecular weight is 512 g/mol. The Kier molecular flexibility index (Phi) is 7.75. The van der Waals surface area contributed by atoms with E-state index in [1.54, 1.807) is 14.2 Å². The predicted molar refractivity (Wildman–Crippen MR) is 130 cm³/mol. The maximum absolute atomic E-state index is 6.24. The van der Waals surface area contributed by atoms with Gasteiger partial charge in [0, 0.05) is 16.6 Å². The van der Waals surface area contributed by atoms with Crippen LogP contribution in [0.5, 0.6) is 11.5 Å². The van der Waals surface area contributed by atoms with Crippen molar-refractivity contribution in [2.24, 2.45) is 23.2 Å². The monoisotopic (exact) mass is 510 g/mol. The molecular weight excluding hydrogens is 470 g/mol. The molecule has 2 bridgehead atoms. The van der Waals surface area contributed by atoms with Gasteiger partial charge in [-0.25, -0.2) is 0 Å². The molecule has 5 nitrogen and oxygen atoms in total. The number of quaternary nitrogens is 1. The van der Waals surface area contributed by atoms with E-state index in [1.807, 2.05) is 6.07 Å². The smallest absolute Gasteiger partial charge is 0.161 e. The fourth-order valence-electron chi connectivity index (χ4n) is 6.82. The molecule has 1 aromatic rings. The average Bonchev–Trinajstić information content (AvgIpc) is 2.80. The Bertz CT molecular complexity index is 763. The van der Waals surface area contributed by atoms with E-state index in [1.165, 1.54) is 31.2 Å². The van der Waals surface area contributed by atoms with E-state index in [0.29, 0.717) is 5.41 Å².